The highest BCUT2D eigenvalue weighted by Crippen LogP contribution is 2.38. The van der Waals surface area contributed by atoms with Gasteiger partial charge in [0.05, 0.1) is 41.1 Å². The number of carbonyl (C=O) groups excluding carboxylic acids is 3. The van der Waals surface area contributed by atoms with E-state index in [9.17, 15) is 23.6 Å². The van der Waals surface area contributed by atoms with Gasteiger partial charge in [-0.3, -0.25) is 33.5 Å². The Morgan fingerprint density at radius 2 is 1.80 bits per heavy atom. The number of aromatic nitrogens is 5. The van der Waals surface area contributed by atoms with Crippen LogP contribution in [0.25, 0.3) is 21.9 Å². The number of rotatable bonds is 9. The zero-order valence-corrected chi connectivity index (χ0v) is 31.0. The zero-order valence-electron chi connectivity index (χ0n) is 31.0. The van der Waals surface area contributed by atoms with E-state index in [2.05, 4.69) is 26.6 Å². The summed E-state index contributed by atoms with van der Waals surface area (Å²) >= 11 is 0. The topological polar surface area (TPSA) is 145 Å². The molecule has 3 fully saturated rings. The number of nitrogens with zero attached hydrogens (tertiary/aromatic N) is 6. The highest BCUT2D eigenvalue weighted by Gasteiger charge is 2.36. The van der Waals surface area contributed by atoms with Gasteiger partial charge in [0, 0.05) is 56.7 Å². The number of piperidine rings is 1. The van der Waals surface area contributed by atoms with Gasteiger partial charge in [-0.05, 0) is 81.7 Å². The minimum atomic E-state index is -1.67. The number of imidazole rings is 1. The molecule has 1 atom stereocenters. The summed E-state index contributed by atoms with van der Waals surface area (Å²) in [6.07, 6.45) is 6.77. The molecule has 0 radical (unpaired) electrons. The second kappa shape index (κ2) is 13.8. The lowest BCUT2D eigenvalue weighted by Crippen LogP contribution is -2.47. The summed E-state index contributed by atoms with van der Waals surface area (Å²) < 4.78 is 25.3. The number of anilines is 1. The molecule has 2 aromatic carbocycles. The third-order valence-corrected chi connectivity index (χ3v) is 11.4. The quantitative estimate of drug-likeness (QED) is 0.193. The number of nitrogens with one attached hydrogen (secondary N) is 2. The number of aryl methyl sites for hydroxylation is 1. The first kappa shape index (κ1) is 35.6. The largest absolute Gasteiger partial charge is 0.494 e. The van der Waals surface area contributed by atoms with Gasteiger partial charge in [-0.2, -0.15) is 5.10 Å². The summed E-state index contributed by atoms with van der Waals surface area (Å²) in [5.74, 6) is 0.173. The molecule has 54 heavy (non-hydrogen) atoms. The van der Waals surface area contributed by atoms with Crippen LogP contribution in [0.1, 0.15) is 92.1 Å². The van der Waals surface area contributed by atoms with E-state index in [1.165, 1.54) is 13.8 Å². The first-order valence-electron chi connectivity index (χ1n) is 18.7. The van der Waals surface area contributed by atoms with Crippen molar-refractivity contribution in [3.63, 3.8) is 0 Å². The Kier molecular flexibility index (Phi) is 9.11. The zero-order chi connectivity index (χ0) is 37.9. The van der Waals surface area contributed by atoms with Gasteiger partial charge in [-0.1, -0.05) is 18.2 Å². The summed E-state index contributed by atoms with van der Waals surface area (Å²) in [4.78, 5) is 57.6. The monoisotopic (exact) mass is 736 g/mol. The van der Waals surface area contributed by atoms with Crippen LogP contribution >= 0.6 is 0 Å². The molecule has 2 aliphatic heterocycles. The minimum absolute atomic E-state index is 0.118. The Bertz CT molecular complexity index is 2340. The molecule has 5 aromatic rings. The number of carbonyl (C=O) groups is 3. The van der Waals surface area contributed by atoms with Gasteiger partial charge in [0.15, 0.2) is 0 Å². The van der Waals surface area contributed by atoms with Gasteiger partial charge >= 0.3 is 5.69 Å². The van der Waals surface area contributed by atoms with Gasteiger partial charge in [0.1, 0.15) is 23.2 Å². The number of imide groups is 1. The normalized spacial score (nSPS) is 21.3. The molecule has 1 saturated carbocycles. The van der Waals surface area contributed by atoms with Gasteiger partial charge in [-0.15, -0.1) is 0 Å². The molecule has 3 aliphatic rings. The molecule has 282 valence electrons. The van der Waals surface area contributed by atoms with Crippen molar-refractivity contribution in [2.75, 3.05) is 32.1 Å². The number of hydrogen-bond donors (Lipinski definition) is 2. The minimum Gasteiger partial charge on any atom is -0.494 e. The number of fused-ring (bicyclic) bond motifs is 2. The fourth-order valence-electron chi connectivity index (χ4n) is 8.50. The number of benzene rings is 2. The Balaban J connectivity index is 0.888. The van der Waals surface area contributed by atoms with Crippen molar-refractivity contribution >= 4 is 45.3 Å². The van der Waals surface area contributed by atoms with Crippen LogP contribution in [-0.2, 0) is 22.3 Å². The van der Waals surface area contributed by atoms with E-state index >= 15 is 0 Å². The smallest absolute Gasteiger partial charge is 0.329 e. The van der Waals surface area contributed by atoms with Gasteiger partial charge in [-0.25, -0.2) is 14.2 Å². The second-order valence-corrected chi connectivity index (χ2v) is 15.5. The maximum Gasteiger partial charge on any atom is 0.329 e. The molecule has 3 amide bonds. The molecular weight excluding hydrogens is 691 g/mol. The van der Waals surface area contributed by atoms with Crippen molar-refractivity contribution in [3.05, 3.63) is 82.2 Å². The number of likely N-dealkylation sites (tertiary alicyclic amines) is 1. The Labute approximate surface area is 311 Å². The first-order chi connectivity index (χ1) is 25.9. The number of para-hydroxylation sites is 1. The van der Waals surface area contributed by atoms with E-state index in [-0.39, 0.29) is 35.4 Å². The van der Waals surface area contributed by atoms with E-state index < -0.39 is 23.5 Å². The van der Waals surface area contributed by atoms with Crippen LogP contribution in [0, 0.1) is 5.92 Å². The number of amides is 3. The molecule has 1 aliphatic carbocycles. The van der Waals surface area contributed by atoms with Crippen LogP contribution < -0.4 is 21.1 Å². The van der Waals surface area contributed by atoms with Crippen molar-refractivity contribution in [2.45, 2.75) is 76.0 Å². The van der Waals surface area contributed by atoms with Crippen LogP contribution in [0.4, 0.5) is 10.1 Å². The molecule has 8 rings (SSSR count). The Morgan fingerprint density at radius 1 is 1.04 bits per heavy atom. The van der Waals surface area contributed by atoms with Crippen LogP contribution in [0.15, 0.2) is 59.5 Å². The maximum atomic E-state index is 14.5. The van der Waals surface area contributed by atoms with Crippen molar-refractivity contribution < 1.29 is 23.5 Å². The molecule has 1 unspecified atom stereocenters. The number of hydrogen-bond acceptors (Lipinski definition) is 8. The SMILES string of the molecule is COc1cc2nn(C3CCC(CN4CC(c5cccc6c5n(C)c(=O)n6C5CCC(=O)NC5=O)C4)CC3)cc2cc1NC(=O)c1cccc(C(C)(C)F)n1. The third kappa shape index (κ3) is 6.56. The van der Waals surface area contributed by atoms with Crippen molar-refractivity contribution in [3.8, 4) is 5.75 Å². The summed E-state index contributed by atoms with van der Waals surface area (Å²) in [7, 11) is 3.31. The summed E-state index contributed by atoms with van der Waals surface area (Å²) in [5.41, 5.74) is 2.37. The van der Waals surface area contributed by atoms with Gasteiger partial charge < -0.3 is 15.0 Å². The third-order valence-electron chi connectivity index (χ3n) is 11.4. The lowest BCUT2D eigenvalue weighted by molar-refractivity contribution is -0.135. The number of alkyl halides is 1. The van der Waals surface area contributed by atoms with E-state index in [1.54, 1.807) is 41.5 Å². The van der Waals surface area contributed by atoms with Crippen molar-refractivity contribution in [2.24, 2.45) is 13.0 Å². The molecule has 3 aromatic heterocycles. The Morgan fingerprint density at radius 3 is 2.52 bits per heavy atom. The lowest BCUT2D eigenvalue weighted by Gasteiger charge is -2.43. The maximum absolute atomic E-state index is 14.5. The second-order valence-electron chi connectivity index (χ2n) is 15.5. The van der Waals surface area contributed by atoms with E-state index in [0.29, 0.717) is 29.7 Å². The molecule has 0 spiro atoms. The summed E-state index contributed by atoms with van der Waals surface area (Å²) in [6, 6.07) is 13.9. The number of pyridine rings is 1. The van der Waals surface area contributed by atoms with Crippen LogP contribution in [-0.4, -0.2) is 73.3 Å². The number of halogens is 1. The van der Waals surface area contributed by atoms with E-state index in [0.717, 1.165) is 72.8 Å². The number of ether oxygens (including phenoxy) is 1. The molecule has 2 N–H and O–H groups in total. The Hall–Kier alpha value is -5.37. The predicted octanol–water partition coefficient (Wildman–Crippen LogP) is 5.36. The molecule has 14 heteroatoms. The average Bonchev–Trinajstić information content (AvgIpc) is 3.66. The summed E-state index contributed by atoms with van der Waals surface area (Å²) in [6.45, 7) is 5.67. The van der Waals surface area contributed by atoms with Crippen LogP contribution in [0.5, 0.6) is 5.75 Å². The highest BCUT2D eigenvalue weighted by atomic mass is 19.1. The molecule has 2 saturated heterocycles. The standard InChI is InChI=1S/C40H45FN8O5/c1-40(2,41)34-10-6-8-28(42-34)37(51)43-30-17-24-22-48(45-29(24)18-33(30)54-4)26-13-11-23(12-14-26)19-47-20-25(21-47)27-7-5-9-31-36(27)46(3)39(53)49(31)32-15-16-35(50)44-38(32)52/h5-10,17-18,22-23,25-26,32H,11-16,19-21H2,1-4H3,(H,43,51)(H,44,50,52). The van der Waals surface area contributed by atoms with Gasteiger partial charge in [0.2, 0.25) is 11.8 Å². The molecule has 0 bridgehead atoms. The van der Waals surface area contributed by atoms with E-state index in [4.69, 9.17) is 9.84 Å². The molecular formula is C40H45FN8O5. The first-order valence-corrected chi connectivity index (χ1v) is 18.7. The molecule has 13 nitrogen and oxygen atoms in total. The average molecular weight is 737 g/mol. The van der Waals surface area contributed by atoms with Crippen LogP contribution in [0.2, 0.25) is 0 Å². The van der Waals surface area contributed by atoms with E-state index in [1.807, 2.05) is 35.1 Å². The fraction of sp³-hybridized carbons (Fsp3) is 0.450. The number of methoxy groups -OCH3 is 1. The lowest BCUT2D eigenvalue weighted by atomic mass is 9.83. The molecule has 5 heterocycles. The fourth-order valence-corrected chi connectivity index (χ4v) is 8.50. The highest BCUT2D eigenvalue weighted by molar-refractivity contribution is 6.05. The summed E-state index contributed by atoms with van der Waals surface area (Å²) in [5, 5.41) is 11.0. The van der Waals surface area contributed by atoms with Crippen LogP contribution in [0.3, 0.4) is 0 Å². The predicted molar refractivity (Wildman–Crippen MR) is 201 cm³/mol. The van der Waals surface area contributed by atoms with Crippen molar-refractivity contribution in [1.82, 2.24) is 34.1 Å². The van der Waals surface area contributed by atoms with Gasteiger partial charge in [0.25, 0.3) is 5.91 Å². The van der Waals surface area contributed by atoms with Crippen molar-refractivity contribution in [1.29, 1.82) is 0 Å².